The zero-order valence-corrected chi connectivity index (χ0v) is 28.9. The van der Waals surface area contributed by atoms with Crippen LogP contribution in [0.4, 0.5) is 14.5 Å². The molecule has 1 saturated heterocycles. The largest absolute Gasteiger partial charge is 0.464 e. The molecule has 1 heterocycles. The van der Waals surface area contributed by atoms with Crippen molar-refractivity contribution in [2.75, 3.05) is 25.0 Å². The summed E-state index contributed by atoms with van der Waals surface area (Å²) in [5, 5.41) is 3.00. The van der Waals surface area contributed by atoms with E-state index < -0.39 is 12.0 Å². The summed E-state index contributed by atoms with van der Waals surface area (Å²) in [7, 11) is 0. The van der Waals surface area contributed by atoms with Crippen molar-refractivity contribution in [3.8, 4) is 11.1 Å². The predicted octanol–water partition coefficient (Wildman–Crippen LogP) is 10.2. The van der Waals surface area contributed by atoms with Crippen molar-refractivity contribution in [2.45, 2.75) is 56.9 Å². The zero-order chi connectivity index (χ0) is 35.6. The third-order valence-electron chi connectivity index (χ3n) is 9.69. The molecular weight excluding hydrogens is 642 g/mol. The topological polar surface area (TPSA) is 58.6 Å². The van der Waals surface area contributed by atoms with Crippen LogP contribution in [0.1, 0.15) is 77.2 Å². The molecule has 0 radical (unpaired) electrons. The number of aryl methyl sites for hydroxylation is 1. The number of hydrogen-bond donors (Lipinski definition) is 1. The van der Waals surface area contributed by atoms with Gasteiger partial charge in [-0.05, 0) is 97.1 Å². The molecule has 7 heteroatoms. The van der Waals surface area contributed by atoms with Crippen molar-refractivity contribution in [2.24, 2.45) is 0 Å². The molecule has 0 bridgehead atoms. The fourth-order valence-corrected chi connectivity index (χ4v) is 6.86. The van der Waals surface area contributed by atoms with Crippen LogP contribution in [0.25, 0.3) is 11.1 Å². The van der Waals surface area contributed by atoms with Gasteiger partial charge in [-0.25, -0.2) is 13.6 Å². The van der Waals surface area contributed by atoms with Crippen LogP contribution in [-0.2, 0) is 21.9 Å². The molecule has 1 aliphatic heterocycles. The fourth-order valence-electron chi connectivity index (χ4n) is 6.86. The molecule has 5 aromatic carbocycles. The summed E-state index contributed by atoms with van der Waals surface area (Å²) < 4.78 is 33.3. The number of carbonyl (C=O) groups is 2. The van der Waals surface area contributed by atoms with Crippen LogP contribution < -0.4 is 5.32 Å². The van der Waals surface area contributed by atoms with Gasteiger partial charge in [0.1, 0.15) is 6.04 Å². The lowest BCUT2D eigenvalue weighted by Crippen LogP contribution is -2.40. The van der Waals surface area contributed by atoms with E-state index in [4.69, 9.17) is 4.74 Å². The number of hydrogen-bond acceptors (Lipinski definition) is 4. The standard InChI is InChI=1S/C44H44F2N2O3/c1-44(45,46)37-23-19-35(20-24-37)39-17-8-9-18-40(39)42(49)47-38-25-21-33(22-26-38)34-27-29-48(30-28-34)41(36-15-6-3-7-16-36)43(50)51-31-11-10-14-32-12-4-2-5-13-32/h2-9,12-13,15-26,34,41H,10-11,14,27-31H2,1H3,(H,47,49). The minimum Gasteiger partial charge on any atom is -0.464 e. The smallest absolute Gasteiger partial charge is 0.328 e. The van der Waals surface area contributed by atoms with E-state index in [0.29, 0.717) is 34.9 Å². The average molecular weight is 687 g/mol. The second kappa shape index (κ2) is 16.7. The summed E-state index contributed by atoms with van der Waals surface area (Å²) in [5.41, 5.74) is 5.87. The third-order valence-corrected chi connectivity index (χ3v) is 9.69. The van der Waals surface area contributed by atoms with E-state index in [9.17, 15) is 18.4 Å². The molecule has 1 amide bonds. The number of halogens is 2. The number of alkyl halides is 2. The molecular formula is C44H44F2N2O3. The minimum atomic E-state index is -2.93. The first kappa shape index (κ1) is 35.7. The van der Waals surface area contributed by atoms with E-state index >= 15 is 0 Å². The normalized spacial score (nSPS) is 14.5. The number of benzene rings is 5. The van der Waals surface area contributed by atoms with Gasteiger partial charge < -0.3 is 10.1 Å². The van der Waals surface area contributed by atoms with Gasteiger partial charge in [-0.3, -0.25) is 9.69 Å². The quantitative estimate of drug-likeness (QED) is 0.0990. The fraction of sp³-hybridized carbons (Fsp3) is 0.273. The number of rotatable bonds is 13. The van der Waals surface area contributed by atoms with Gasteiger partial charge in [0.2, 0.25) is 0 Å². The molecule has 51 heavy (non-hydrogen) atoms. The number of amides is 1. The molecule has 0 aromatic heterocycles. The highest BCUT2D eigenvalue weighted by Gasteiger charge is 2.32. The molecule has 0 aliphatic carbocycles. The average Bonchev–Trinajstić information content (AvgIpc) is 3.16. The van der Waals surface area contributed by atoms with Crippen LogP contribution in [0.2, 0.25) is 0 Å². The highest BCUT2D eigenvalue weighted by Crippen LogP contribution is 2.34. The van der Waals surface area contributed by atoms with Gasteiger partial charge in [0.15, 0.2) is 0 Å². The van der Waals surface area contributed by atoms with Crippen molar-refractivity contribution >= 4 is 17.6 Å². The van der Waals surface area contributed by atoms with Crippen molar-refractivity contribution in [3.63, 3.8) is 0 Å². The van der Waals surface area contributed by atoms with Gasteiger partial charge in [-0.15, -0.1) is 0 Å². The Morgan fingerprint density at radius 2 is 1.41 bits per heavy atom. The van der Waals surface area contributed by atoms with Crippen molar-refractivity contribution in [1.29, 1.82) is 0 Å². The second-order valence-electron chi connectivity index (χ2n) is 13.3. The van der Waals surface area contributed by atoms with E-state index in [0.717, 1.165) is 57.7 Å². The number of nitrogens with zero attached hydrogens (tertiary/aromatic N) is 1. The first-order valence-electron chi connectivity index (χ1n) is 17.7. The number of unbranched alkanes of at least 4 members (excludes halogenated alkanes) is 1. The summed E-state index contributed by atoms with van der Waals surface area (Å²) in [6.07, 6.45) is 4.55. The molecule has 6 rings (SSSR count). The lowest BCUT2D eigenvalue weighted by atomic mass is 9.88. The lowest BCUT2D eigenvalue weighted by molar-refractivity contribution is -0.151. The van der Waals surface area contributed by atoms with E-state index in [1.165, 1.54) is 23.3 Å². The first-order chi connectivity index (χ1) is 24.8. The Morgan fingerprint density at radius 3 is 2.08 bits per heavy atom. The van der Waals surface area contributed by atoms with E-state index in [1.54, 1.807) is 24.3 Å². The molecule has 1 unspecified atom stereocenters. The van der Waals surface area contributed by atoms with Crippen LogP contribution >= 0.6 is 0 Å². The summed E-state index contributed by atoms with van der Waals surface area (Å²) in [5.74, 6) is -3.07. The Bertz CT molecular complexity index is 1870. The highest BCUT2D eigenvalue weighted by atomic mass is 19.3. The van der Waals surface area contributed by atoms with Crippen LogP contribution in [0.5, 0.6) is 0 Å². The second-order valence-corrected chi connectivity index (χ2v) is 13.3. The molecule has 1 fully saturated rings. The van der Waals surface area contributed by atoms with Gasteiger partial charge in [0.05, 0.1) is 6.61 Å². The van der Waals surface area contributed by atoms with E-state index in [1.807, 2.05) is 72.8 Å². The Morgan fingerprint density at radius 1 is 0.784 bits per heavy atom. The Hall–Kier alpha value is -5.14. The number of ether oxygens (including phenoxy) is 1. The maximum absolute atomic E-state index is 13.7. The molecule has 262 valence electrons. The number of esters is 1. The van der Waals surface area contributed by atoms with Crippen molar-refractivity contribution < 1.29 is 23.1 Å². The Labute approximate surface area is 299 Å². The van der Waals surface area contributed by atoms with Gasteiger partial charge in [-0.2, -0.15) is 0 Å². The highest BCUT2D eigenvalue weighted by molar-refractivity contribution is 6.08. The summed E-state index contributed by atoms with van der Waals surface area (Å²) in [6, 6.07) is 41.0. The summed E-state index contributed by atoms with van der Waals surface area (Å²) in [6.45, 7) is 2.81. The van der Waals surface area contributed by atoms with Crippen LogP contribution in [0, 0.1) is 0 Å². The number of anilines is 1. The van der Waals surface area contributed by atoms with Gasteiger partial charge in [-0.1, -0.05) is 115 Å². The van der Waals surface area contributed by atoms with Crippen molar-refractivity contribution in [3.05, 3.63) is 161 Å². The molecule has 0 saturated carbocycles. The van der Waals surface area contributed by atoms with Gasteiger partial charge in [0.25, 0.3) is 11.8 Å². The number of piperidine rings is 1. The van der Waals surface area contributed by atoms with E-state index in [2.05, 4.69) is 34.5 Å². The van der Waals surface area contributed by atoms with E-state index in [-0.39, 0.29) is 17.4 Å². The third kappa shape index (κ3) is 9.35. The molecule has 5 nitrogen and oxygen atoms in total. The lowest BCUT2D eigenvalue weighted by Gasteiger charge is -2.36. The zero-order valence-electron chi connectivity index (χ0n) is 28.9. The predicted molar refractivity (Wildman–Crippen MR) is 199 cm³/mol. The molecule has 0 spiro atoms. The Balaban J connectivity index is 1.04. The van der Waals surface area contributed by atoms with Crippen LogP contribution in [0.15, 0.2) is 133 Å². The van der Waals surface area contributed by atoms with Gasteiger partial charge in [0, 0.05) is 23.7 Å². The monoisotopic (exact) mass is 686 g/mol. The van der Waals surface area contributed by atoms with Gasteiger partial charge >= 0.3 is 5.97 Å². The SMILES string of the molecule is CC(F)(F)c1ccc(-c2ccccc2C(=O)Nc2ccc(C3CCN(C(C(=O)OCCCCc4ccccc4)c4ccccc4)CC3)cc2)cc1. The maximum Gasteiger partial charge on any atom is 0.328 e. The molecule has 1 aliphatic rings. The number of carbonyl (C=O) groups excluding carboxylic acids is 2. The maximum atomic E-state index is 13.7. The molecule has 1 N–H and O–H groups in total. The minimum absolute atomic E-state index is 0.0711. The van der Waals surface area contributed by atoms with Crippen LogP contribution in [-0.4, -0.2) is 36.5 Å². The first-order valence-corrected chi connectivity index (χ1v) is 17.7. The number of likely N-dealkylation sites (tertiary alicyclic amines) is 1. The van der Waals surface area contributed by atoms with Crippen LogP contribution in [0.3, 0.4) is 0 Å². The van der Waals surface area contributed by atoms with Crippen molar-refractivity contribution in [1.82, 2.24) is 4.90 Å². The molecule has 5 aromatic rings. The summed E-state index contributed by atoms with van der Waals surface area (Å²) in [4.78, 5) is 29.1. The Kier molecular flexibility index (Phi) is 11.7. The summed E-state index contributed by atoms with van der Waals surface area (Å²) >= 11 is 0. The molecule has 1 atom stereocenters. The number of nitrogens with one attached hydrogen (secondary N) is 1.